The summed E-state index contributed by atoms with van der Waals surface area (Å²) in [6.45, 7) is 0.623. The van der Waals surface area contributed by atoms with Crippen molar-refractivity contribution in [2.24, 2.45) is 5.73 Å². The third-order valence-corrected chi connectivity index (χ3v) is 6.22. The molecule has 0 bridgehead atoms. The number of hydrogen-bond donors (Lipinski definition) is 1. The van der Waals surface area contributed by atoms with Crippen LogP contribution >= 0.6 is 15.9 Å². The van der Waals surface area contributed by atoms with E-state index in [1.165, 1.54) is 25.5 Å². The van der Waals surface area contributed by atoms with Gasteiger partial charge in [-0.25, -0.2) is 8.42 Å². The van der Waals surface area contributed by atoms with E-state index in [-0.39, 0.29) is 5.41 Å². The van der Waals surface area contributed by atoms with Gasteiger partial charge in [0.25, 0.3) is 0 Å². The first-order valence-electron chi connectivity index (χ1n) is 6.59. The summed E-state index contributed by atoms with van der Waals surface area (Å²) >= 11 is 3.38. The highest BCUT2D eigenvalue weighted by molar-refractivity contribution is 9.10. The van der Waals surface area contributed by atoms with Gasteiger partial charge in [-0.3, -0.25) is 0 Å². The molecular formula is C14H20BrNO2S. The minimum atomic E-state index is -3.19. The zero-order valence-corrected chi connectivity index (χ0v) is 13.6. The maximum Gasteiger partial charge on any atom is 0.176 e. The molecule has 2 rings (SSSR count). The Balaban J connectivity index is 2.43. The Hall–Kier alpha value is -0.390. The lowest BCUT2D eigenvalue weighted by atomic mass is 9.69. The molecule has 1 aliphatic carbocycles. The van der Waals surface area contributed by atoms with Crippen molar-refractivity contribution in [3.8, 4) is 0 Å². The van der Waals surface area contributed by atoms with Crippen molar-refractivity contribution >= 4 is 25.8 Å². The SMILES string of the molecule is CS(=O)(=O)c1ccc(C2(CN)CCCCC2)cc1Br. The molecule has 1 saturated carbocycles. The molecule has 0 unspecified atom stereocenters. The summed E-state index contributed by atoms with van der Waals surface area (Å²) in [6.07, 6.45) is 7.07. The highest BCUT2D eigenvalue weighted by Crippen LogP contribution is 2.40. The van der Waals surface area contributed by atoms with Gasteiger partial charge in [-0.15, -0.1) is 0 Å². The highest BCUT2D eigenvalue weighted by Gasteiger charge is 2.33. The smallest absolute Gasteiger partial charge is 0.176 e. The monoisotopic (exact) mass is 345 g/mol. The second-order valence-corrected chi connectivity index (χ2v) is 8.30. The van der Waals surface area contributed by atoms with Crippen LogP contribution in [0.3, 0.4) is 0 Å². The van der Waals surface area contributed by atoms with Crippen LogP contribution in [-0.2, 0) is 15.3 Å². The van der Waals surface area contributed by atoms with Gasteiger partial charge in [0.1, 0.15) is 0 Å². The number of sulfone groups is 1. The van der Waals surface area contributed by atoms with Gasteiger partial charge in [0.05, 0.1) is 4.90 Å². The molecule has 0 aliphatic heterocycles. The van der Waals surface area contributed by atoms with Crippen LogP contribution in [0, 0.1) is 0 Å². The van der Waals surface area contributed by atoms with E-state index in [2.05, 4.69) is 15.9 Å². The maximum atomic E-state index is 11.6. The molecule has 3 nitrogen and oxygen atoms in total. The van der Waals surface area contributed by atoms with Crippen molar-refractivity contribution in [2.45, 2.75) is 42.4 Å². The Kier molecular flexibility index (Phi) is 4.38. The molecule has 1 aromatic rings. The summed E-state index contributed by atoms with van der Waals surface area (Å²) in [5.41, 5.74) is 7.20. The van der Waals surface area contributed by atoms with E-state index in [1.54, 1.807) is 6.07 Å². The minimum absolute atomic E-state index is 0.0246. The molecule has 0 amide bonds. The molecule has 2 N–H and O–H groups in total. The van der Waals surface area contributed by atoms with E-state index in [9.17, 15) is 8.42 Å². The van der Waals surface area contributed by atoms with Gasteiger partial charge in [-0.1, -0.05) is 25.3 Å². The molecule has 5 heteroatoms. The van der Waals surface area contributed by atoms with Gasteiger partial charge in [-0.05, 0) is 46.5 Å². The second-order valence-electron chi connectivity index (χ2n) is 5.46. The number of halogens is 1. The van der Waals surface area contributed by atoms with Crippen LogP contribution in [0.15, 0.2) is 27.6 Å². The number of nitrogens with two attached hydrogens (primary N) is 1. The lowest BCUT2D eigenvalue weighted by Gasteiger charge is -2.37. The topological polar surface area (TPSA) is 60.2 Å². The standard InChI is InChI=1S/C14H20BrNO2S/c1-19(17,18)13-6-5-11(9-12(13)15)14(10-16)7-3-2-4-8-14/h5-6,9H,2-4,7-8,10,16H2,1H3. The molecule has 0 spiro atoms. The average Bonchev–Trinajstić information content (AvgIpc) is 2.38. The molecule has 1 aromatic carbocycles. The summed E-state index contributed by atoms with van der Waals surface area (Å²) in [6, 6.07) is 5.56. The van der Waals surface area contributed by atoms with E-state index in [4.69, 9.17) is 5.73 Å². The van der Waals surface area contributed by atoms with Crippen LogP contribution in [-0.4, -0.2) is 21.2 Å². The summed E-state index contributed by atoms with van der Waals surface area (Å²) in [5.74, 6) is 0. The predicted molar refractivity (Wildman–Crippen MR) is 81.1 cm³/mol. The molecule has 0 heterocycles. The largest absolute Gasteiger partial charge is 0.330 e. The van der Waals surface area contributed by atoms with Gasteiger partial charge >= 0.3 is 0 Å². The summed E-state index contributed by atoms with van der Waals surface area (Å²) < 4.78 is 23.9. The fraction of sp³-hybridized carbons (Fsp3) is 0.571. The first kappa shape index (κ1) is 15.0. The summed E-state index contributed by atoms with van der Waals surface area (Å²) in [7, 11) is -3.19. The molecule has 106 valence electrons. The van der Waals surface area contributed by atoms with Gasteiger partial charge < -0.3 is 5.73 Å². The molecule has 0 radical (unpaired) electrons. The van der Waals surface area contributed by atoms with Gasteiger partial charge in [0.15, 0.2) is 9.84 Å². The lowest BCUT2D eigenvalue weighted by molar-refractivity contribution is 0.300. The van der Waals surface area contributed by atoms with E-state index < -0.39 is 9.84 Å². The van der Waals surface area contributed by atoms with E-state index in [0.717, 1.165) is 18.4 Å². The minimum Gasteiger partial charge on any atom is -0.330 e. The van der Waals surface area contributed by atoms with Crippen molar-refractivity contribution in [1.29, 1.82) is 0 Å². The van der Waals surface area contributed by atoms with Gasteiger partial charge in [-0.2, -0.15) is 0 Å². The van der Waals surface area contributed by atoms with Gasteiger partial charge in [0, 0.05) is 22.7 Å². The van der Waals surface area contributed by atoms with E-state index in [1.807, 2.05) is 12.1 Å². The molecule has 0 aromatic heterocycles. The fourth-order valence-corrected chi connectivity index (χ4v) is 4.96. The van der Waals surface area contributed by atoms with Crippen molar-refractivity contribution in [2.75, 3.05) is 12.8 Å². The summed E-state index contributed by atoms with van der Waals surface area (Å²) in [5, 5.41) is 0. The molecule has 1 aliphatic rings. The molecule has 0 saturated heterocycles. The quantitative estimate of drug-likeness (QED) is 0.915. The summed E-state index contributed by atoms with van der Waals surface area (Å²) in [4.78, 5) is 0.347. The fourth-order valence-electron chi connectivity index (χ4n) is 2.97. The first-order chi connectivity index (χ1) is 8.89. The Labute approximate surface area is 123 Å². The van der Waals surface area contributed by atoms with Crippen LogP contribution in [0.2, 0.25) is 0 Å². The van der Waals surface area contributed by atoms with Crippen LogP contribution in [0.5, 0.6) is 0 Å². The Morgan fingerprint density at radius 3 is 2.37 bits per heavy atom. The van der Waals surface area contributed by atoms with Crippen molar-refractivity contribution in [3.63, 3.8) is 0 Å². The maximum absolute atomic E-state index is 11.6. The van der Waals surface area contributed by atoms with Crippen LogP contribution in [0.25, 0.3) is 0 Å². The van der Waals surface area contributed by atoms with Crippen molar-refractivity contribution < 1.29 is 8.42 Å². The van der Waals surface area contributed by atoms with Crippen LogP contribution in [0.4, 0.5) is 0 Å². The van der Waals surface area contributed by atoms with Crippen molar-refractivity contribution in [3.05, 3.63) is 28.2 Å². The Morgan fingerprint density at radius 2 is 1.89 bits per heavy atom. The van der Waals surface area contributed by atoms with Gasteiger partial charge in [0.2, 0.25) is 0 Å². The van der Waals surface area contributed by atoms with Crippen molar-refractivity contribution in [1.82, 2.24) is 0 Å². The second kappa shape index (κ2) is 5.54. The normalized spacial score (nSPS) is 19.3. The molecule has 19 heavy (non-hydrogen) atoms. The van der Waals surface area contributed by atoms with Crippen LogP contribution in [0.1, 0.15) is 37.7 Å². The zero-order valence-electron chi connectivity index (χ0n) is 11.2. The average molecular weight is 346 g/mol. The molecular weight excluding hydrogens is 326 g/mol. The van der Waals surface area contributed by atoms with E-state index in [0.29, 0.717) is 15.9 Å². The predicted octanol–water partition coefficient (Wildman–Crippen LogP) is 3.01. The Morgan fingerprint density at radius 1 is 1.26 bits per heavy atom. The molecule has 1 fully saturated rings. The third-order valence-electron chi connectivity index (χ3n) is 4.15. The first-order valence-corrected chi connectivity index (χ1v) is 9.28. The Bertz CT molecular complexity index is 563. The third kappa shape index (κ3) is 3.03. The van der Waals surface area contributed by atoms with E-state index >= 15 is 0 Å². The highest BCUT2D eigenvalue weighted by atomic mass is 79.9. The number of rotatable bonds is 3. The zero-order chi connectivity index (χ0) is 14.1. The number of hydrogen-bond acceptors (Lipinski definition) is 3. The van der Waals surface area contributed by atoms with Crippen LogP contribution < -0.4 is 5.73 Å². The number of benzene rings is 1. The lowest BCUT2D eigenvalue weighted by Crippen LogP contribution is -2.37. The molecule has 0 atom stereocenters.